The van der Waals surface area contributed by atoms with Crippen LogP contribution in [0.3, 0.4) is 0 Å². The monoisotopic (exact) mass is 328 g/mol. The van der Waals surface area contributed by atoms with Crippen molar-refractivity contribution in [2.24, 2.45) is 5.10 Å². The van der Waals surface area contributed by atoms with E-state index in [1.807, 2.05) is 44.2 Å². The van der Waals surface area contributed by atoms with Crippen molar-refractivity contribution in [3.63, 3.8) is 0 Å². The summed E-state index contributed by atoms with van der Waals surface area (Å²) in [4.78, 5) is 0. The molecule has 0 spiro atoms. The molecule has 0 atom stereocenters. The molecule has 0 amide bonds. The number of hydrogen-bond acceptors (Lipinski definition) is 5. The Morgan fingerprint density at radius 2 is 1.58 bits per heavy atom. The first-order chi connectivity index (χ1) is 11.6. The van der Waals surface area contributed by atoms with Crippen molar-refractivity contribution in [2.75, 3.05) is 21.3 Å². The second kappa shape index (κ2) is 8.24. The van der Waals surface area contributed by atoms with Gasteiger partial charge in [-0.2, -0.15) is 5.10 Å². The first-order valence-corrected chi connectivity index (χ1v) is 7.72. The minimum Gasteiger partial charge on any atom is -0.496 e. The van der Waals surface area contributed by atoms with Crippen LogP contribution in [0, 0.1) is 6.92 Å². The lowest BCUT2D eigenvalue weighted by molar-refractivity contribution is 0.354. The SMILES string of the molecule is COc1ccc(CN/N=C(\C)c2cc(C)ccc2OC)cc1OC. The van der Waals surface area contributed by atoms with Crippen molar-refractivity contribution in [3.8, 4) is 17.2 Å². The third kappa shape index (κ3) is 4.19. The van der Waals surface area contributed by atoms with E-state index in [2.05, 4.69) is 16.6 Å². The van der Waals surface area contributed by atoms with Crippen molar-refractivity contribution in [3.05, 3.63) is 53.1 Å². The first kappa shape index (κ1) is 17.7. The zero-order chi connectivity index (χ0) is 17.5. The molecule has 5 heteroatoms. The number of aryl methyl sites for hydroxylation is 1. The van der Waals surface area contributed by atoms with Gasteiger partial charge < -0.3 is 19.6 Å². The summed E-state index contributed by atoms with van der Waals surface area (Å²) in [6.45, 7) is 4.60. The minimum absolute atomic E-state index is 0.589. The highest BCUT2D eigenvalue weighted by Gasteiger charge is 2.07. The van der Waals surface area contributed by atoms with Gasteiger partial charge in [-0.1, -0.05) is 17.7 Å². The predicted molar refractivity (Wildman–Crippen MR) is 96.3 cm³/mol. The maximum atomic E-state index is 5.40. The highest BCUT2D eigenvalue weighted by atomic mass is 16.5. The van der Waals surface area contributed by atoms with Crippen LogP contribution >= 0.6 is 0 Å². The van der Waals surface area contributed by atoms with E-state index in [9.17, 15) is 0 Å². The van der Waals surface area contributed by atoms with Gasteiger partial charge in [0.25, 0.3) is 0 Å². The lowest BCUT2D eigenvalue weighted by Gasteiger charge is -2.11. The van der Waals surface area contributed by atoms with Crippen LogP contribution in [0.15, 0.2) is 41.5 Å². The zero-order valence-electron chi connectivity index (χ0n) is 14.8. The molecule has 0 heterocycles. The van der Waals surface area contributed by atoms with E-state index in [1.54, 1.807) is 21.3 Å². The number of nitrogens with zero attached hydrogens (tertiary/aromatic N) is 1. The van der Waals surface area contributed by atoms with Crippen molar-refractivity contribution in [1.82, 2.24) is 5.43 Å². The molecule has 0 saturated heterocycles. The van der Waals surface area contributed by atoms with Gasteiger partial charge in [0.05, 0.1) is 33.6 Å². The second-order valence-electron chi connectivity index (χ2n) is 5.43. The third-order valence-electron chi connectivity index (χ3n) is 3.72. The fourth-order valence-corrected chi connectivity index (χ4v) is 2.40. The lowest BCUT2D eigenvalue weighted by atomic mass is 10.1. The van der Waals surface area contributed by atoms with E-state index in [0.717, 1.165) is 22.6 Å². The molecule has 0 aliphatic carbocycles. The van der Waals surface area contributed by atoms with Crippen LogP contribution in [0.4, 0.5) is 0 Å². The zero-order valence-corrected chi connectivity index (χ0v) is 14.8. The number of benzene rings is 2. The Kier molecular flexibility index (Phi) is 6.07. The predicted octanol–water partition coefficient (Wildman–Crippen LogP) is 3.53. The van der Waals surface area contributed by atoms with Gasteiger partial charge >= 0.3 is 0 Å². The molecular weight excluding hydrogens is 304 g/mol. The van der Waals surface area contributed by atoms with E-state index in [0.29, 0.717) is 18.0 Å². The molecule has 2 rings (SSSR count). The van der Waals surface area contributed by atoms with Gasteiger partial charge in [-0.25, -0.2) is 0 Å². The quantitative estimate of drug-likeness (QED) is 0.624. The molecule has 0 radical (unpaired) electrons. The molecule has 2 aromatic rings. The van der Waals surface area contributed by atoms with E-state index < -0.39 is 0 Å². The Balaban J connectivity index is 2.10. The number of hydrogen-bond donors (Lipinski definition) is 1. The molecule has 1 N–H and O–H groups in total. The smallest absolute Gasteiger partial charge is 0.161 e. The van der Waals surface area contributed by atoms with Crippen molar-refractivity contribution >= 4 is 5.71 Å². The van der Waals surface area contributed by atoms with Gasteiger partial charge in [0.2, 0.25) is 0 Å². The Morgan fingerprint density at radius 3 is 2.25 bits per heavy atom. The summed E-state index contributed by atoms with van der Waals surface area (Å²) in [6.07, 6.45) is 0. The van der Waals surface area contributed by atoms with Crippen LogP contribution < -0.4 is 19.6 Å². The van der Waals surface area contributed by atoms with Crippen molar-refractivity contribution in [1.29, 1.82) is 0 Å². The molecule has 0 aliphatic heterocycles. The number of hydrazone groups is 1. The third-order valence-corrected chi connectivity index (χ3v) is 3.72. The van der Waals surface area contributed by atoms with Crippen LogP contribution in [0.2, 0.25) is 0 Å². The summed E-state index contributed by atoms with van der Waals surface area (Å²) >= 11 is 0. The molecule has 24 heavy (non-hydrogen) atoms. The number of nitrogens with one attached hydrogen (secondary N) is 1. The second-order valence-corrected chi connectivity index (χ2v) is 5.43. The maximum absolute atomic E-state index is 5.40. The molecule has 2 aromatic carbocycles. The van der Waals surface area contributed by atoms with E-state index in [-0.39, 0.29) is 0 Å². The van der Waals surface area contributed by atoms with Gasteiger partial charge in [0.15, 0.2) is 11.5 Å². The lowest BCUT2D eigenvalue weighted by Crippen LogP contribution is -2.10. The number of methoxy groups -OCH3 is 3. The Labute approximate surface area is 143 Å². The highest BCUT2D eigenvalue weighted by molar-refractivity contribution is 6.01. The maximum Gasteiger partial charge on any atom is 0.161 e. The van der Waals surface area contributed by atoms with E-state index in [4.69, 9.17) is 14.2 Å². The molecule has 0 fully saturated rings. The van der Waals surface area contributed by atoms with Gasteiger partial charge in [-0.15, -0.1) is 0 Å². The molecule has 5 nitrogen and oxygen atoms in total. The van der Waals surface area contributed by atoms with Crippen LogP contribution in [-0.2, 0) is 6.54 Å². The van der Waals surface area contributed by atoms with Gasteiger partial charge in [-0.3, -0.25) is 0 Å². The topological polar surface area (TPSA) is 52.1 Å². The summed E-state index contributed by atoms with van der Waals surface area (Å²) in [5.41, 5.74) is 7.17. The molecule has 0 bridgehead atoms. The highest BCUT2D eigenvalue weighted by Crippen LogP contribution is 2.27. The summed E-state index contributed by atoms with van der Waals surface area (Å²) < 4.78 is 16.0. The number of ether oxygens (including phenoxy) is 3. The largest absolute Gasteiger partial charge is 0.496 e. The fourth-order valence-electron chi connectivity index (χ4n) is 2.40. The van der Waals surface area contributed by atoms with Crippen molar-refractivity contribution in [2.45, 2.75) is 20.4 Å². The standard InChI is InChI=1S/C19H24N2O3/c1-13-6-8-17(22-3)16(10-13)14(2)21-20-12-15-7-9-18(23-4)19(11-15)24-5/h6-11,20H,12H2,1-5H3/b21-14+. The van der Waals surface area contributed by atoms with E-state index in [1.165, 1.54) is 5.56 Å². The number of rotatable bonds is 7. The van der Waals surface area contributed by atoms with Crippen LogP contribution in [0.1, 0.15) is 23.6 Å². The molecule has 0 aliphatic rings. The minimum atomic E-state index is 0.589. The molecule has 0 unspecified atom stereocenters. The Morgan fingerprint density at radius 1 is 0.917 bits per heavy atom. The van der Waals surface area contributed by atoms with Crippen LogP contribution in [0.5, 0.6) is 17.2 Å². The first-order valence-electron chi connectivity index (χ1n) is 7.72. The average Bonchev–Trinajstić information content (AvgIpc) is 2.61. The summed E-state index contributed by atoms with van der Waals surface area (Å²) in [6, 6.07) is 11.8. The Bertz CT molecular complexity index is 727. The van der Waals surface area contributed by atoms with E-state index >= 15 is 0 Å². The summed E-state index contributed by atoms with van der Waals surface area (Å²) in [5.74, 6) is 2.23. The van der Waals surface area contributed by atoms with Gasteiger partial charge in [0, 0.05) is 5.56 Å². The fraction of sp³-hybridized carbons (Fsp3) is 0.316. The summed E-state index contributed by atoms with van der Waals surface area (Å²) in [7, 11) is 4.92. The molecular formula is C19H24N2O3. The normalized spacial score (nSPS) is 11.1. The molecule has 128 valence electrons. The van der Waals surface area contributed by atoms with Gasteiger partial charge in [-0.05, 0) is 43.7 Å². The molecule has 0 saturated carbocycles. The van der Waals surface area contributed by atoms with Crippen LogP contribution in [0.25, 0.3) is 0 Å². The van der Waals surface area contributed by atoms with Crippen LogP contribution in [-0.4, -0.2) is 27.0 Å². The Hall–Kier alpha value is -2.69. The average molecular weight is 328 g/mol. The van der Waals surface area contributed by atoms with Gasteiger partial charge in [0.1, 0.15) is 5.75 Å². The summed E-state index contributed by atoms with van der Waals surface area (Å²) in [5, 5.41) is 4.45. The van der Waals surface area contributed by atoms with Crippen molar-refractivity contribution < 1.29 is 14.2 Å². The molecule has 0 aromatic heterocycles.